The summed E-state index contributed by atoms with van der Waals surface area (Å²) < 4.78 is 5.01. The largest absolute Gasteiger partial charge is 0.481 e. The predicted molar refractivity (Wildman–Crippen MR) is 53.6 cm³/mol. The smallest absolute Gasteiger partial charge is 0.305 e. The van der Waals surface area contributed by atoms with Crippen LogP contribution in [0.15, 0.2) is 0 Å². The van der Waals surface area contributed by atoms with Crippen molar-refractivity contribution in [1.82, 2.24) is 4.90 Å². The normalized spacial score (nSPS) is 20.6. The number of rotatable bonds is 6. The highest BCUT2D eigenvalue weighted by Crippen LogP contribution is 2.17. The van der Waals surface area contributed by atoms with Gasteiger partial charge >= 0.3 is 5.97 Å². The third-order valence-electron chi connectivity index (χ3n) is 2.39. The van der Waals surface area contributed by atoms with Gasteiger partial charge in [-0.1, -0.05) is 6.92 Å². The number of nitrogens with zero attached hydrogens (tertiary/aromatic N) is 1. The lowest BCUT2D eigenvalue weighted by Crippen LogP contribution is -2.33. The summed E-state index contributed by atoms with van der Waals surface area (Å²) in [5.74, 6) is -1.53. The Balaban J connectivity index is 2.20. The third-order valence-corrected chi connectivity index (χ3v) is 2.39. The zero-order chi connectivity index (χ0) is 12.1. The molecule has 0 aromatic heterocycles. The highest BCUT2D eigenvalue weighted by atomic mass is 16.5. The standard InChI is InChI=1S/C10H15NO5/c1-7-6-8(12)11(10(7)15)3-5-16-4-2-9(13)14/h7H,2-6H2,1H3,(H,13,14). The molecular weight excluding hydrogens is 214 g/mol. The Kier molecular flexibility index (Phi) is 4.42. The molecule has 0 bridgehead atoms. The molecule has 1 rings (SSSR count). The SMILES string of the molecule is CC1CC(=O)N(CCOCCC(=O)O)C1=O. The summed E-state index contributed by atoms with van der Waals surface area (Å²) >= 11 is 0. The van der Waals surface area contributed by atoms with Gasteiger partial charge in [0.1, 0.15) is 0 Å². The van der Waals surface area contributed by atoms with Gasteiger partial charge in [0.15, 0.2) is 0 Å². The van der Waals surface area contributed by atoms with Crippen LogP contribution in [0.1, 0.15) is 19.8 Å². The number of aliphatic carboxylic acids is 1. The summed E-state index contributed by atoms with van der Waals surface area (Å²) in [5.41, 5.74) is 0. The van der Waals surface area contributed by atoms with E-state index in [1.165, 1.54) is 4.90 Å². The van der Waals surface area contributed by atoms with E-state index in [1.807, 2.05) is 0 Å². The first-order chi connectivity index (χ1) is 7.52. The fourth-order valence-corrected chi connectivity index (χ4v) is 1.50. The summed E-state index contributed by atoms with van der Waals surface area (Å²) in [6.45, 7) is 2.21. The number of carbonyl (C=O) groups excluding carboxylic acids is 2. The summed E-state index contributed by atoms with van der Waals surface area (Å²) in [6.07, 6.45) is 0.187. The van der Waals surface area contributed by atoms with E-state index >= 15 is 0 Å². The highest BCUT2D eigenvalue weighted by molar-refractivity contribution is 6.03. The van der Waals surface area contributed by atoms with Crippen molar-refractivity contribution in [1.29, 1.82) is 0 Å². The van der Waals surface area contributed by atoms with E-state index in [-0.39, 0.29) is 50.3 Å². The average molecular weight is 229 g/mol. The molecule has 0 aromatic rings. The number of carboxylic acid groups (broad SMARTS) is 1. The molecule has 0 radical (unpaired) electrons. The molecule has 1 unspecified atom stereocenters. The van der Waals surface area contributed by atoms with Crippen molar-refractivity contribution < 1.29 is 24.2 Å². The van der Waals surface area contributed by atoms with E-state index in [1.54, 1.807) is 6.92 Å². The number of imide groups is 1. The first kappa shape index (κ1) is 12.6. The van der Waals surface area contributed by atoms with Gasteiger partial charge in [0.05, 0.1) is 26.2 Å². The fourth-order valence-electron chi connectivity index (χ4n) is 1.50. The quantitative estimate of drug-likeness (QED) is 0.506. The molecule has 0 aromatic carbocycles. The Morgan fingerprint density at radius 2 is 2.19 bits per heavy atom. The van der Waals surface area contributed by atoms with E-state index in [0.717, 1.165) is 0 Å². The van der Waals surface area contributed by atoms with Crippen LogP contribution in [0.4, 0.5) is 0 Å². The van der Waals surface area contributed by atoms with E-state index < -0.39 is 5.97 Å². The molecule has 1 aliphatic rings. The van der Waals surface area contributed by atoms with Crippen molar-refractivity contribution in [2.24, 2.45) is 5.92 Å². The zero-order valence-electron chi connectivity index (χ0n) is 9.14. The second-order valence-electron chi connectivity index (χ2n) is 3.74. The Hall–Kier alpha value is -1.43. The Bertz CT molecular complexity index is 302. The minimum atomic E-state index is -0.929. The number of carboxylic acids is 1. The van der Waals surface area contributed by atoms with Crippen molar-refractivity contribution in [2.45, 2.75) is 19.8 Å². The van der Waals surface area contributed by atoms with Crippen molar-refractivity contribution in [3.05, 3.63) is 0 Å². The number of hydrogen-bond acceptors (Lipinski definition) is 4. The molecule has 6 nitrogen and oxygen atoms in total. The van der Waals surface area contributed by atoms with Gasteiger partial charge in [-0.25, -0.2) is 0 Å². The first-order valence-electron chi connectivity index (χ1n) is 5.16. The molecule has 2 amide bonds. The van der Waals surface area contributed by atoms with E-state index in [2.05, 4.69) is 0 Å². The van der Waals surface area contributed by atoms with Crippen molar-refractivity contribution in [2.75, 3.05) is 19.8 Å². The molecule has 1 aliphatic heterocycles. The molecule has 90 valence electrons. The van der Waals surface area contributed by atoms with Crippen molar-refractivity contribution in [3.8, 4) is 0 Å². The lowest BCUT2D eigenvalue weighted by molar-refractivity contribution is -0.142. The second-order valence-corrected chi connectivity index (χ2v) is 3.74. The van der Waals surface area contributed by atoms with Gasteiger partial charge in [-0.15, -0.1) is 0 Å². The van der Waals surface area contributed by atoms with Gasteiger partial charge < -0.3 is 9.84 Å². The van der Waals surface area contributed by atoms with Crippen molar-refractivity contribution in [3.63, 3.8) is 0 Å². The molecule has 6 heteroatoms. The first-order valence-corrected chi connectivity index (χ1v) is 5.16. The van der Waals surface area contributed by atoms with Crippen LogP contribution < -0.4 is 0 Å². The molecule has 1 N–H and O–H groups in total. The lowest BCUT2D eigenvalue weighted by Gasteiger charge is -2.13. The maximum Gasteiger partial charge on any atom is 0.305 e. The number of ether oxygens (including phenoxy) is 1. The van der Waals surface area contributed by atoms with E-state index in [0.29, 0.717) is 0 Å². The predicted octanol–water partition coefficient (Wildman–Crippen LogP) is -0.127. The second kappa shape index (κ2) is 5.60. The van der Waals surface area contributed by atoms with Crippen LogP contribution in [0.3, 0.4) is 0 Å². The number of likely N-dealkylation sites (tertiary alicyclic amines) is 1. The van der Waals surface area contributed by atoms with Gasteiger partial charge in [-0.3, -0.25) is 19.3 Å². The Labute approximate surface area is 93.2 Å². The van der Waals surface area contributed by atoms with Crippen LogP contribution in [0, 0.1) is 5.92 Å². The molecule has 0 aliphatic carbocycles. The number of carbonyl (C=O) groups is 3. The lowest BCUT2D eigenvalue weighted by atomic mass is 10.1. The zero-order valence-corrected chi connectivity index (χ0v) is 9.14. The minimum absolute atomic E-state index is 0.0711. The maximum atomic E-state index is 11.4. The fraction of sp³-hybridized carbons (Fsp3) is 0.700. The van der Waals surface area contributed by atoms with Crippen LogP contribution in [-0.2, 0) is 19.1 Å². The van der Waals surface area contributed by atoms with Crippen LogP contribution in [-0.4, -0.2) is 47.5 Å². The molecule has 16 heavy (non-hydrogen) atoms. The average Bonchev–Trinajstić information content (AvgIpc) is 2.43. The maximum absolute atomic E-state index is 11.4. The van der Waals surface area contributed by atoms with Crippen LogP contribution in [0.25, 0.3) is 0 Å². The molecule has 1 fully saturated rings. The van der Waals surface area contributed by atoms with Gasteiger partial charge in [0.2, 0.25) is 11.8 Å². The van der Waals surface area contributed by atoms with Crippen LogP contribution >= 0.6 is 0 Å². The summed E-state index contributed by atoms with van der Waals surface area (Å²) in [5, 5.41) is 8.34. The van der Waals surface area contributed by atoms with E-state index in [9.17, 15) is 14.4 Å². The number of amides is 2. The highest BCUT2D eigenvalue weighted by Gasteiger charge is 2.34. The van der Waals surface area contributed by atoms with Crippen LogP contribution in [0.5, 0.6) is 0 Å². The topological polar surface area (TPSA) is 83.9 Å². The van der Waals surface area contributed by atoms with Gasteiger partial charge in [0, 0.05) is 12.3 Å². The molecular formula is C10H15NO5. The molecule has 1 saturated heterocycles. The molecule has 1 atom stereocenters. The molecule has 0 spiro atoms. The summed E-state index contributed by atoms with van der Waals surface area (Å²) in [7, 11) is 0. The Morgan fingerprint density at radius 1 is 1.50 bits per heavy atom. The Morgan fingerprint density at radius 3 is 2.69 bits per heavy atom. The molecule has 0 saturated carbocycles. The van der Waals surface area contributed by atoms with E-state index in [4.69, 9.17) is 9.84 Å². The van der Waals surface area contributed by atoms with Crippen LogP contribution in [0.2, 0.25) is 0 Å². The monoisotopic (exact) mass is 229 g/mol. The van der Waals surface area contributed by atoms with Gasteiger partial charge in [0.25, 0.3) is 0 Å². The summed E-state index contributed by atoms with van der Waals surface area (Å²) in [4.78, 5) is 34.1. The third kappa shape index (κ3) is 3.30. The van der Waals surface area contributed by atoms with Gasteiger partial charge in [-0.05, 0) is 0 Å². The minimum Gasteiger partial charge on any atom is -0.481 e. The summed E-state index contributed by atoms with van der Waals surface area (Å²) in [6, 6.07) is 0. The molecule has 1 heterocycles. The van der Waals surface area contributed by atoms with Gasteiger partial charge in [-0.2, -0.15) is 0 Å². The van der Waals surface area contributed by atoms with Crippen molar-refractivity contribution >= 4 is 17.8 Å². The number of hydrogen-bond donors (Lipinski definition) is 1.